The number of likely N-dealkylation sites (N-methyl/N-ethyl adjacent to an activating group) is 1. The number of nitrogens with zero attached hydrogens (tertiary/aromatic N) is 2. The highest BCUT2D eigenvalue weighted by molar-refractivity contribution is 4.84. The van der Waals surface area contributed by atoms with Crippen LogP contribution < -0.4 is 5.32 Å². The van der Waals surface area contributed by atoms with Crippen molar-refractivity contribution in [3.63, 3.8) is 0 Å². The first kappa shape index (κ1) is 15.3. The summed E-state index contributed by atoms with van der Waals surface area (Å²) in [6, 6.07) is 1.49. The average Bonchev–Trinajstić information content (AvgIpc) is 2.64. The Morgan fingerprint density at radius 1 is 1.11 bits per heavy atom. The number of nitrogens with one attached hydrogen (secondary N) is 1. The lowest BCUT2D eigenvalue weighted by atomic mass is 9.93. The smallest absolute Gasteiger partial charge is 0.0195 e. The molecule has 0 amide bonds. The maximum atomic E-state index is 3.58. The van der Waals surface area contributed by atoms with Gasteiger partial charge < -0.3 is 10.2 Å². The van der Waals surface area contributed by atoms with Crippen LogP contribution >= 0.6 is 0 Å². The van der Waals surface area contributed by atoms with Crippen molar-refractivity contribution >= 4 is 0 Å². The standard InChI is InChI=1S/C16H33N3/c1-4-19-11-10-18(12-14(19)2)13-15-8-6-5-7-9-16(15)17-3/h14-17H,4-13H2,1-3H3. The van der Waals surface area contributed by atoms with Gasteiger partial charge in [0.1, 0.15) is 0 Å². The molecule has 3 nitrogen and oxygen atoms in total. The van der Waals surface area contributed by atoms with Gasteiger partial charge in [0.25, 0.3) is 0 Å². The molecule has 2 rings (SSSR count). The summed E-state index contributed by atoms with van der Waals surface area (Å²) >= 11 is 0. The maximum Gasteiger partial charge on any atom is 0.0195 e. The van der Waals surface area contributed by atoms with Crippen LogP contribution in [-0.4, -0.2) is 61.7 Å². The van der Waals surface area contributed by atoms with Crippen molar-refractivity contribution in [3.05, 3.63) is 0 Å². The second-order valence-electron chi connectivity index (χ2n) is 6.53. The van der Waals surface area contributed by atoms with Gasteiger partial charge in [-0.2, -0.15) is 0 Å². The van der Waals surface area contributed by atoms with Gasteiger partial charge in [0, 0.05) is 38.3 Å². The van der Waals surface area contributed by atoms with Gasteiger partial charge in [-0.05, 0) is 39.3 Å². The average molecular weight is 267 g/mol. The van der Waals surface area contributed by atoms with Crippen molar-refractivity contribution in [2.45, 2.75) is 58.0 Å². The minimum absolute atomic E-state index is 0.734. The lowest BCUT2D eigenvalue weighted by Gasteiger charge is -2.41. The summed E-state index contributed by atoms with van der Waals surface area (Å²) in [5, 5.41) is 3.58. The molecule has 1 saturated heterocycles. The molecule has 0 spiro atoms. The molecule has 19 heavy (non-hydrogen) atoms. The van der Waals surface area contributed by atoms with Gasteiger partial charge in [-0.3, -0.25) is 4.90 Å². The minimum atomic E-state index is 0.734. The summed E-state index contributed by atoms with van der Waals surface area (Å²) in [4.78, 5) is 5.33. The Labute approximate surface area is 119 Å². The van der Waals surface area contributed by atoms with Crippen LogP contribution in [0.15, 0.2) is 0 Å². The first-order valence-corrected chi connectivity index (χ1v) is 8.38. The van der Waals surface area contributed by atoms with E-state index in [1.165, 1.54) is 64.8 Å². The van der Waals surface area contributed by atoms with E-state index in [0.717, 1.165) is 18.0 Å². The monoisotopic (exact) mass is 267 g/mol. The lowest BCUT2D eigenvalue weighted by Crippen LogP contribution is -2.53. The summed E-state index contributed by atoms with van der Waals surface area (Å²) in [5.41, 5.74) is 0. The molecule has 0 aromatic heterocycles. The first-order chi connectivity index (χ1) is 9.24. The van der Waals surface area contributed by atoms with Crippen LogP contribution in [0.2, 0.25) is 0 Å². The molecule has 1 aliphatic carbocycles. The van der Waals surface area contributed by atoms with E-state index in [-0.39, 0.29) is 0 Å². The molecular weight excluding hydrogens is 234 g/mol. The van der Waals surface area contributed by atoms with Crippen molar-refractivity contribution in [2.75, 3.05) is 39.8 Å². The summed E-state index contributed by atoms with van der Waals surface area (Å²) in [5.74, 6) is 0.868. The van der Waals surface area contributed by atoms with Gasteiger partial charge in [-0.25, -0.2) is 0 Å². The molecule has 1 N–H and O–H groups in total. The third kappa shape index (κ3) is 4.17. The summed E-state index contributed by atoms with van der Waals surface area (Å²) < 4.78 is 0. The highest BCUT2D eigenvalue weighted by atomic mass is 15.3. The molecule has 0 aromatic carbocycles. The van der Waals surface area contributed by atoms with E-state index in [9.17, 15) is 0 Å². The van der Waals surface area contributed by atoms with E-state index in [2.05, 4.69) is 36.0 Å². The summed E-state index contributed by atoms with van der Waals surface area (Å²) in [7, 11) is 2.15. The van der Waals surface area contributed by atoms with Gasteiger partial charge in [0.15, 0.2) is 0 Å². The van der Waals surface area contributed by atoms with Crippen LogP contribution in [0.4, 0.5) is 0 Å². The predicted molar refractivity (Wildman–Crippen MR) is 82.6 cm³/mol. The highest BCUT2D eigenvalue weighted by Gasteiger charge is 2.28. The van der Waals surface area contributed by atoms with Crippen LogP contribution in [0.1, 0.15) is 46.0 Å². The third-order valence-corrected chi connectivity index (χ3v) is 5.28. The number of rotatable bonds is 4. The SMILES string of the molecule is CCN1CCN(CC2CCCCCC2NC)CC1C. The lowest BCUT2D eigenvalue weighted by molar-refractivity contribution is 0.0711. The molecule has 1 aliphatic heterocycles. The molecule has 2 aliphatic rings. The van der Waals surface area contributed by atoms with E-state index in [4.69, 9.17) is 0 Å². The molecule has 2 fully saturated rings. The summed E-state index contributed by atoms with van der Waals surface area (Å²) in [6.45, 7) is 11.0. The van der Waals surface area contributed by atoms with Crippen molar-refractivity contribution in [1.29, 1.82) is 0 Å². The summed E-state index contributed by atoms with van der Waals surface area (Å²) in [6.07, 6.45) is 7.10. The molecule has 3 unspecified atom stereocenters. The Morgan fingerprint density at radius 3 is 2.58 bits per heavy atom. The van der Waals surface area contributed by atoms with E-state index in [1.54, 1.807) is 0 Å². The number of hydrogen-bond donors (Lipinski definition) is 1. The zero-order valence-electron chi connectivity index (χ0n) is 13.2. The van der Waals surface area contributed by atoms with Gasteiger partial charge in [-0.1, -0.05) is 26.2 Å². The van der Waals surface area contributed by atoms with E-state index in [1.807, 2.05) is 0 Å². The molecule has 0 bridgehead atoms. The Hall–Kier alpha value is -0.120. The van der Waals surface area contributed by atoms with Crippen LogP contribution in [0, 0.1) is 5.92 Å². The molecular formula is C16H33N3. The Morgan fingerprint density at radius 2 is 1.89 bits per heavy atom. The first-order valence-electron chi connectivity index (χ1n) is 8.38. The van der Waals surface area contributed by atoms with Crippen molar-refractivity contribution < 1.29 is 0 Å². The molecule has 112 valence electrons. The van der Waals surface area contributed by atoms with Crippen LogP contribution in [-0.2, 0) is 0 Å². The van der Waals surface area contributed by atoms with Gasteiger partial charge in [-0.15, -0.1) is 0 Å². The van der Waals surface area contributed by atoms with Crippen LogP contribution in [0.3, 0.4) is 0 Å². The minimum Gasteiger partial charge on any atom is -0.317 e. The van der Waals surface area contributed by atoms with Crippen molar-refractivity contribution in [3.8, 4) is 0 Å². The third-order valence-electron chi connectivity index (χ3n) is 5.28. The van der Waals surface area contributed by atoms with Crippen molar-refractivity contribution in [1.82, 2.24) is 15.1 Å². The van der Waals surface area contributed by atoms with Gasteiger partial charge >= 0.3 is 0 Å². The topological polar surface area (TPSA) is 18.5 Å². The molecule has 0 aromatic rings. The Kier molecular flexibility index (Phi) is 6.11. The molecule has 3 heteroatoms. The molecule has 0 radical (unpaired) electrons. The number of hydrogen-bond acceptors (Lipinski definition) is 3. The predicted octanol–water partition coefficient (Wildman–Crippen LogP) is 2.18. The van der Waals surface area contributed by atoms with Crippen LogP contribution in [0.5, 0.6) is 0 Å². The fourth-order valence-electron chi connectivity index (χ4n) is 4.02. The zero-order chi connectivity index (χ0) is 13.7. The zero-order valence-corrected chi connectivity index (χ0v) is 13.2. The highest BCUT2D eigenvalue weighted by Crippen LogP contribution is 2.25. The van der Waals surface area contributed by atoms with Gasteiger partial charge in [0.2, 0.25) is 0 Å². The maximum absolute atomic E-state index is 3.58. The normalized spacial score (nSPS) is 35.2. The van der Waals surface area contributed by atoms with E-state index in [0.29, 0.717) is 0 Å². The van der Waals surface area contributed by atoms with Gasteiger partial charge in [0.05, 0.1) is 0 Å². The molecule has 1 heterocycles. The Bertz CT molecular complexity index is 256. The van der Waals surface area contributed by atoms with Crippen molar-refractivity contribution in [2.24, 2.45) is 5.92 Å². The van der Waals surface area contributed by atoms with E-state index < -0.39 is 0 Å². The quantitative estimate of drug-likeness (QED) is 0.788. The molecule has 3 atom stereocenters. The fraction of sp³-hybridized carbons (Fsp3) is 1.00. The molecule has 1 saturated carbocycles. The second kappa shape index (κ2) is 7.61. The van der Waals surface area contributed by atoms with Crippen LogP contribution in [0.25, 0.3) is 0 Å². The largest absolute Gasteiger partial charge is 0.317 e. The second-order valence-corrected chi connectivity index (χ2v) is 6.53. The Balaban J connectivity index is 1.85. The fourth-order valence-corrected chi connectivity index (χ4v) is 4.02. The number of piperazine rings is 1. The van der Waals surface area contributed by atoms with E-state index >= 15 is 0 Å².